The summed E-state index contributed by atoms with van der Waals surface area (Å²) in [6, 6.07) is 7.08. The Hall–Kier alpha value is -1.07. The molecule has 1 aliphatic rings. The van der Waals surface area contributed by atoms with E-state index in [1.165, 1.54) is 6.26 Å². The van der Waals surface area contributed by atoms with Crippen LogP contribution in [0.2, 0.25) is 0 Å². The summed E-state index contributed by atoms with van der Waals surface area (Å²) in [5.41, 5.74) is 0. The normalized spacial score (nSPS) is 17.3. The molecular formula is C20H35IN4O3S. The highest BCUT2D eigenvalue weighted by Crippen LogP contribution is 2.17. The van der Waals surface area contributed by atoms with Gasteiger partial charge in [0.15, 0.2) is 15.8 Å². The van der Waals surface area contributed by atoms with Crippen LogP contribution in [0.25, 0.3) is 0 Å². The highest BCUT2D eigenvalue weighted by atomic mass is 127. The van der Waals surface area contributed by atoms with E-state index in [-0.39, 0.29) is 24.0 Å². The molecule has 0 saturated carbocycles. The second-order valence-electron chi connectivity index (χ2n) is 6.94. The molecule has 1 saturated heterocycles. The molecule has 1 heterocycles. The maximum Gasteiger partial charge on any atom is 0.194 e. The van der Waals surface area contributed by atoms with Crippen LogP contribution < -0.4 is 10.1 Å². The molecule has 0 aliphatic carbocycles. The lowest BCUT2D eigenvalue weighted by Gasteiger charge is -2.27. The fourth-order valence-electron chi connectivity index (χ4n) is 3.50. The highest BCUT2D eigenvalue weighted by Gasteiger charge is 2.27. The van der Waals surface area contributed by atoms with Crippen LogP contribution in [0.5, 0.6) is 5.75 Å². The molecule has 29 heavy (non-hydrogen) atoms. The Kier molecular flexibility index (Phi) is 11.3. The zero-order chi connectivity index (χ0) is 20.6. The summed E-state index contributed by atoms with van der Waals surface area (Å²) in [7, 11) is -3.18. The zero-order valence-electron chi connectivity index (χ0n) is 17.9. The minimum atomic E-state index is -3.18. The van der Waals surface area contributed by atoms with Gasteiger partial charge in [-0.2, -0.15) is 0 Å². The van der Waals surface area contributed by atoms with Crippen LogP contribution in [-0.4, -0.2) is 82.4 Å². The number of ether oxygens (including phenoxy) is 1. The van der Waals surface area contributed by atoms with Gasteiger partial charge in [0.25, 0.3) is 0 Å². The van der Waals surface area contributed by atoms with Gasteiger partial charge in [-0.25, -0.2) is 13.4 Å². The number of aliphatic imine (C=N–C) groups is 1. The number of rotatable bonds is 9. The van der Waals surface area contributed by atoms with E-state index in [1.807, 2.05) is 0 Å². The smallest absolute Gasteiger partial charge is 0.194 e. The molecule has 1 aliphatic heterocycles. The van der Waals surface area contributed by atoms with Crippen molar-refractivity contribution in [3.8, 4) is 5.75 Å². The largest absolute Gasteiger partial charge is 0.492 e. The third-order valence-electron chi connectivity index (χ3n) is 5.00. The molecule has 166 valence electrons. The van der Waals surface area contributed by atoms with Crippen molar-refractivity contribution in [3.63, 3.8) is 0 Å². The molecule has 9 heteroatoms. The molecule has 7 nitrogen and oxygen atoms in total. The van der Waals surface area contributed by atoms with Gasteiger partial charge >= 0.3 is 0 Å². The molecule has 1 N–H and O–H groups in total. The summed E-state index contributed by atoms with van der Waals surface area (Å²) >= 11 is 0. The summed E-state index contributed by atoms with van der Waals surface area (Å²) in [6.45, 7) is 12.5. The Morgan fingerprint density at radius 2 is 1.90 bits per heavy atom. The molecule has 0 amide bonds. The number of likely N-dealkylation sites (tertiary alicyclic amines) is 1. The van der Waals surface area contributed by atoms with Gasteiger partial charge < -0.3 is 15.0 Å². The van der Waals surface area contributed by atoms with Gasteiger partial charge in [-0.05, 0) is 50.7 Å². The second kappa shape index (κ2) is 12.6. The molecular weight excluding hydrogens is 503 g/mol. The number of likely N-dealkylation sites (N-methyl/N-ethyl adjacent to an activating group) is 1. The maximum atomic E-state index is 11.5. The average molecular weight is 538 g/mol. The van der Waals surface area contributed by atoms with E-state index in [0.717, 1.165) is 45.1 Å². The van der Waals surface area contributed by atoms with E-state index in [0.29, 0.717) is 29.8 Å². The van der Waals surface area contributed by atoms with Crippen molar-refractivity contribution in [1.29, 1.82) is 0 Å². The minimum Gasteiger partial charge on any atom is -0.492 e. The predicted molar refractivity (Wildman–Crippen MR) is 129 cm³/mol. The third-order valence-corrected chi connectivity index (χ3v) is 6.13. The van der Waals surface area contributed by atoms with Gasteiger partial charge in [0, 0.05) is 31.9 Å². The van der Waals surface area contributed by atoms with Gasteiger partial charge in [-0.15, -0.1) is 24.0 Å². The summed E-state index contributed by atoms with van der Waals surface area (Å²) in [5.74, 6) is 1.59. The monoisotopic (exact) mass is 538 g/mol. The molecule has 1 fully saturated rings. The first kappa shape index (κ1) is 26.0. The highest BCUT2D eigenvalue weighted by molar-refractivity contribution is 14.0. The van der Waals surface area contributed by atoms with Gasteiger partial charge in [0.1, 0.15) is 12.4 Å². The summed E-state index contributed by atoms with van der Waals surface area (Å²) in [4.78, 5) is 9.83. The van der Waals surface area contributed by atoms with Crippen LogP contribution in [0.1, 0.15) is 27.2 Å². The Balaban J connectivity index is 0.00000420. The fraction of sp³-hybridized carbons (Fsp3) is 0.650. The Morgan fingerprint density at radius 3 is 2.45 bits per heavy atom. The summed E-state index contributed by atoms with van der Waals surface area (Å²) < 4.78 is 28.7. The molecule has 1 aromatic carbocycles. The predicted octanol–water partition coefficient (Wildman–Crippen LogP) is 2.47. The van der Waals surface area contributed by atoms with Crippen LogP contribution >= 0.6 is 24.0 Å². The first-order valence-corrected chi connectivity index (χ1v) is 12.0. The topological polar surface area (TPSA) is 74.2 Å². The van der Waals surface area contributed by atoms with E-state index in [9.17, 15) is 8.42 Å². The molecule has 0 spiro atoms. The number of sulfone groups is 1. The maximum absolute atomic E-state index is 11.5. The minimum absolute atomic E-state index is 0. The van der Waals surface area contributed by atoms with Crippen LogP contribution in [0.4, 0.5) is 0 Å². The quantitative estimate of drug-likeness (QED) is 0.226. The second-order valence-corrected chi connectivity index (χ2v) is 8.95. The number of nitrogens with zero attached hydrogens (tertiary/aromatic N) is 3. The van der Waals surface area contributed by atoms with Gasteiger partial charge in [0.05, 0.1) is 11.4 Å². The van der Waals surface area contributed by atoms with E-state index >= 15 is 0 Å². The van der Waals surface area contributed by atoms with E-state index < -0.39 is 9.84 Å². The van der Waals surface area contributed by atoms with Crippen LogP contribution in [0.3, 0.4) is 0 Å². The van der Waals surface area contributed by atoms with Crippen molar-refractivity contribution in [1.82, 2.24) is 15.1 Å². The van der Waals surface area contributed by atoms with Gasteiger partial charge in [0.2, 0.25) is 0 Å². The molecule has 0 radical (unpaired) electrons. The number of halogens is 1. The van der Waals surface area contributed by atoms with Crippen LogP contribution in [0.15, 0.2) is 34.2 Å². The van der Waals surface area contributed by atoms with Crippen molar-refractivity contribution < 1.29 is 13.2 Å². The number of guanidine groups is 1. The Labute approximate surface area is 192 Å². The molecule has 2 rings (SSSR count). The average Bonchev–Trinajstić information content (AvgIpc) is 3.15. The van der Waals surface area contributed by atoms with Crippen LogP contribution in [-0.2, 0) is 9.84 Å². The molecule has 1 unspecified atom stereocenters. The van der Waals surface area contributed by atoms with Crippen molar-refractivity contribution in [2.24, 2.45) is 4.99 Å². The molecule has 0 aromatic heterocycles. The SMILES string of the molecule is CCNC(=NCCOc1ccc(S(C)(=O)=O)cc1)N1CCC(N(CC)CC)C1.I. The van der Waals surface area contributed by atoms with E-state index in [2.05, 4.69) is 35.9 Å². The van der Waals surface area contributed by atoms with Gasteiger partial charge in [-0.3, -0.25) is 4.90 Å². The first-order valence-electron chi connectivity index (χ1n) is 10.1. The standard InChI is InChI=1S/C20H34N4O3S.HI/c1-5-21-20(24-14-12-17(16-24)23(6-2)7-3)22-13-15-27-18-8-10-19(11-9-18)28(4,25)26;/h8-11,17H,5-7,12-16H2,1-4H3,(H,21,22);1H. The lowest BCUT2D eigenvalue weighted by atomic mass is 10.2. The van der Waals surface area contributed by atoms with E-state index in [4.69, 9.17) is 9.73 Å². The Morgan fingerprint density at radius 1 is 1.24 bits per heavy atom. The van der Waals surface area contributed by atoms with Crippen molar-refractivity contribution in [3.05, 3.63) is 24.3 Å². The van der Waals surface area contributed by atoms with Crippen molar-refractivity contribution >= 4 is 39.8 Å². The number of hydrogen-bond donors (Lipinski definition) is 1. The number of nitrogens with one attached hydrogen (secondary N) is 1. The third kappa shape index (κ3) is 7.93. The molecule has 0 bridgehead atoms. The lowest BCUT2D eigenvalue weighted by molar-refractivity contribution is 0.223. The first-order chi connectivity index (χ1) is 13.4. The Bertz CT molecular complexity index is 737. The fourth-order valence-corrected chi connectivity index (χ4v) is 4.13. The van der Waals surface area contributed by atoms with Crippen LogP contribution in [0, 0.1) is 0 Å². The van der Waals surface area contributed by atoms with Gasteiger partial charge in [-0.1, -0.05) is 13.8 Å². The lowest BCUT2D eigenvalue weighted by Crippen LogP contribution is -2.43. The van der Waals surface area contributed by atoms with Crippen molar-refractivity contribution in [2.75, 3.05) is 52.1 Å². The molecule has 1 aromatic rings. The number of benzene rings is 1. The van der Waals surface area contributed by atoms with Crippen molar-refractivity contribution in [2.45, 2.75) is 38.1 Å². The summed E-state index contributed by atoms with van der Waals surface area (Å²) in [6.07, 6.45) is 2.36. The summed E-state index contributed by atoms with van der Waals surface area (Å²) in [5, 5.41) is 3.38. The number of hydrogen-bond acceptors (Lipinski definition) is 5. The van der Waals surface area contributed by atoms with E-state index in [1.54, 1.807) is 24.3 Å². The molecule has 1 atom stereocenters. The zero-order valence-corrected chi connectivity index (χ0v) is 21.1.